The van der Waals surface area contributed by atoms with E-state index in [9.17, 15) is 9.59 Å². The van der Waals surface area contributed by atoms with Gasteiger partial charge in [-0.05, 0) is 37.3 Å². The van der Waals surface area contributed by atoms with Gasteiger partial charge < -0.3 is 5.32 Å². The third-order valence-corrected chi connectivity index (χ3v) is 5.48. The number of amidine groups is 1. The molecule has 0 aromatic heterocycles. The Morgan fingerprint density at radius 2 is 2.07 bits per heavy atom. The molecule has 1 N–H and O–H groups in total. The first-order valence-corrected chi connectivity index (χ1v) is 10.0. The fraction of sp³-hybridized carbons (Fsp3) is 0.190. The van der Waals surface area contributed by atoms with Crippen LogP contribution in [-0.2, 0) is 9.59 Å². The maximum absolute atomic E-state index is 12.8. The molecule has 1 aliphatic rings. The largest absolute Gasteiger partial charge is 0.326 e. The molecule has 28 heavy (non-hydrogen) atoms. The van der Waals surface area contributed by atoms with E-state index in [0.29, 0.717) is 22.4 Å². The van der Waals surface area contributed by atoms with E-state index in [1.54, 1.807) is 35.2 Å². The summed E-state index contributed by atoms with van der Waals surface area (Å²) in [5.74, 6) is -0.389. The first-order chi connectivity index (χ1) is 13.5. The first kappa shape index (κ1) is 20.2. The number of aliphatic imine (C=N–C) groups is 1. The number of aryl methyl sites for hydroxylation is 1. The summed E-state index contributed by atoms with van der Waals surface area (Å²) in [5, 5.41) is 3.37. The summed E-state index contributed by atoms with van der Waals surface area (Å²) in [4.78, 5) is 31.3. The maximum Gasteiger partial charge on any atom is 0.242 e. The highest BCUT2D eigenvalue weighted by Gasteiger charge is 2.38. The van der Waals surface area contributed by atoms with Crippen LogP contribution in [0.25, 0.3) is 0 Å². The number of nitrogens with one attached hydrogen (secondary N) is 1. The van der Waals surface area contributed by atoms with Crippen molar-refractivity contribution < 1.29 is 9.59 Å². The number of rotatable bonds is 6. The van der Waals surface area contributed by atoms with Crippen LogP contribution in [0.2, 0.25) is 5.02 Å². The van der Waals surface area contributed by atoms with Gasteiger partial charge in [-0.15, -0.1) is 6.58 Å². The van der Waals surface area contributed by atoms with Gasteiger partial charge in [-0.3, -0.25) is 14.5 Å². The number of anilines is 1. The van der Waals surface area contributed by atoms with Gasteiger partial charge in [0.25, 0.3) is 0 Å². The Labute approximate surface area is 173 Å². The van der Waals surface area contributed by atoms with Gasteiger partial charge in [0, 0.05) is 23.7 Å². The Hall–Kier alpha value is -2.57. The summed E-state index contributed by atoms with van der Waals surface area (Å²) in [6.07, 6.45) is 1.70. The molecule has 7 heteroatoms. The number of nitrogens with zero attached hydrogens (tertiary/aromatic N) is 2. The van der Waals surface area contributed by atoms with Gasteiger partial charge in [-0.25, -0.2) is 4.99 Å². The number of hydrogen-bond donors (Lipinski definition) is 1. The zero-order valence-corrected chi connectivity index (χ0v) is 17.0. The third kappa shape index (κ3) is 5.03. The Bertz CT molecular complexity index is 928. The van der Waals surface area contributed by atoms with E-state index in [2.05, 4.69) is 16.9 Å². The van der Waals surface area contributed by atoms with E-state index in [-0.39, 0.29) is 18.2 Å². The molecule has 2 amide bonds. The van der Waals surface area contributed by atoms with Crippen molar-refractivity contribution in [1.82, 2.24) is 4.90 Å². The van der Waals surface area contributed by atoms with Gasteiger partial charge in [-0.2, -0.15) is 0 Å². The summed E-state index contributed by atoms with van der Waals surface area (Å²) in [5.41, 5.74) is 2.50. The SMILES string of the molecule is C=CCN1C(=O)[C@H](CC(=O)Nc2cccc(Cl)c2)SC1=Nc1ccc(C)cc1. The van der Waals surface area contributed by atoms with Crippen molar-refractivity contribution >= 4 is 51.7 Å². The lowest BCUT2D eigenvalue weighted by molar-refractivity contribution is -0.127. The highest BCUT2D eigenvalue weighted by molar-refractivity contribution is 8.15. The smallest absolute Gasteiger partial charge is 0.242 e. The minimum absolute atomic E-state index is 0.0522. The van der Waals surface area contributed by atoms with E-state index in [4.69, 9.17) is 11.6 Å². The van der Waals surface area contributed by atoms with Crippen molar-refractivity contribution in [3.63, 3.8) is 0 Å². The average molecular weight is 414 g/mol. The minimum Gasteiger partial charge on any atom is -0.326 e. The van der Waals surface area contributed by atoms with Crippen LogP contribution in [0.3, 0.4) is 0 Å². The molecule has 0 radical (unpaired) electrons. The van der Waals surface area contributed by atoms with Crippen molar-refractivity contribution in [2.75, 3.05) is 11.9 Å². The topological polar surface area (TPSA) is 61.8 Å². The summed E-state index contributed by atoms with van der Waals surface area (Å²) >= 11 is 7.24. The lowest BCUT2D eigenvalue weighted by atomic mass is 10.2. The molecule has 1 atom stereocenters. The van der Waals surface area contributed by atoms with Crippen LogP contribution in [-0.4, -0.2) is 33.7 Å². The molecule has 1 fully saturated rings. The molecule has 0 saturated carbocycles. The number of thioether (sulfide) groups is 1. The molecule has 1 saturated heterocycles. The fourth-order valence-corrected chi connectivity index (χ4v) is 4.06. The lowest BCUT2D eigenvalue weighted by Crippen LogP contribution is -2.33. The molecule has 3 rings (SSSR count). The Morgan fingerprint density at radius 1 is 1.32 bits per heavy atom. The molecule has 2 aromatic carbocycles. The van der Waals surface area contributed by atoms with Gasteiger partial charge in [0.2, 0.25) is 11.8 Å². The number of benzene rings is 2. The third-order valence-electron chi connectivity index (χ3n) is 4.07. The number of carbonyl (C=O) groups excluding carboxylic acids is 2. The summed E-state index contributed by atoms with van der Waals surface area (Å²) in [7, 11) is 0. The second-order valence-electron chi connectivity index (χ2n) is 6.34. The Morgan fingerprint density at radius 3 is 2.75 bits per heavy atom. The van der Waals surface area contributed by atoms with Crippen LogP contribution in [0, 0.1) is 6.92 Å². The van der Waals surface area contributed by atoms with Crippen LogP contribution < -0.4 is 5.32 Å². The van der Waals surface area contributed by atoms with Gasteiger partial charge in [-0.1, -0.05) is 53.2 Å². The van der Waals surface area contributed by atoms with Crippen molar-refractivity contribution in [3.8, 4) is 0 Å². The normalized spacial score (nSPS) is 17.8. The van der Waals surface area contributed by atoms with E-state index in [0.717, 1.165) is 11.3 Å². The summed E-state index contributed by atoms with van der Waals surface area (Å²) in [6, 6.07) is 14.6. The predicted molar refractivity (Wildman–Crippen MR) is 116 cm³/mol. The number of halogens is 1. The monoisotopic (exact) mass is 413 g/mol. The molecule has 0 bridgehead atoms. The molecule has 0 unspecified atom stereocenters. The molecule has 1 heterocycles. The molecule has 2 aromatic rings. The van der Waals surface area contributed by atoms with E-state index in [1.165, 1.54) is 11.8 Å². The van der Waals surface area contributed by atoms with Gasteiger partial charge in [0.1, 0.15) is 5.25 Å². The molecule has 0 spiro atoms. The van der Waals surface area contributed by atoms with E-state index < -0.39 is 5.25 Å². The van der Waals surface area contributed by atoms with Crippen molar-refractivity contribution in [3.05, 3.63) is 71.8 Å². The van der Waals surface area contributed by atoms with Gasteiger partial charge >= 0.3 is 0 Å². The maximum atomic E-state index is 12.8. The van der Waals surface area contributed by atoms with Crippen LogP contribution in [0.4, 0.5) is 11.4 Å². The summed E-state index contributed by atoms with van der Waals surface area (Å²) < 4.78 is 0. The van der Waals surface area contributed by atoms with Crippen LogP contribution >= 0.6 is 23.4 Å². The second-order valence-corrected chi connectivity index (χ2v) is 7.94. The Balaban J connectivity index is 1.73. The molecular formula is C21H20ClN3O2S. The van der Waals surface area contributed by atoms with Crippen LogP contribution in [0.1, 0.15) is 12.0 Å². The molecule has 0 aliphatic carbocycles. The van der Waals surface area contributed by atoms with E-state index in [1.807, 2.05) is 31.2 Å². The number of amides is 2. The fourth-order valence-electron chi connectivity index (χ4n) is 2.70. The minimum atomic E-state index is -0.525. The lowest BCUT2D eigenvalue weighted by Gasteiger charge is -2.13. The zero-order valence-electron chi connectivity index (χ0n) is 15.4. The molecule has 5 nitrogen and oxygen atoms in total. The molecule has 144 valence electrons. The Kier molecular flexibility index (Phi) is 6.54. The average Bonchev–Trinajstić information content (AvgIpc) is 2.93. The van der Waals surface area contributed by atoms with Gasteiger partial charge in [0.15, 0.2) is 5.17 Å². The quantitative estimate of drug-likeness (QED) is 0.692. The highest BCUT2D eigenvalue weighted by atomic mass is 35.5. The van der Waals surface area contributed by atoms with E-state index >= 15 is 0 Å². The van der Waals surface area contributed by atoms with Crippen molar-refractivity contribution in [2.45, 2.75) is 18.6 Å². The van der Waals surface area contributed by atoms with Crippen LogP contribution in [0.15, 0.2) is 66.2 Å². The second kappa shape index (κ2) is 9.08. The highest BCUT2D eigenvalue weighted by Crippen LogP contribution is 2.32. The first-order valence-electron chi connectivity index (χ1n) is 8.76. The number of carbonyl (C=O) groups is 2. The number of hydrogen-bond acceptors (Lipinski definition) is 4. The van der Waals surface area contributed by atoms with Crippen molar-refractivity contribution in [1.29, 1.82) is 0 Å². The molecular weight excluding hydrogens is 394 g/mol. The zero-order chi connectivity index (χ0) is 20.1. The molecule has 1 aliphatic heterocycles. The van der Waals surface area contributed by atoms with Crippen LogP contribution in [0.5, 0.6) is 0 Å². The van der Waals surface area contributed by atoms with Crippen molar-refractivity contribution in [2.24, 2.45) is 4.99 Å². The summed E-state index contributed by atoms with van der Waals surface area (Å²) in [6.45, 7) is 6.07. The van der Waals surface area contributed by atoms with Gasteiger partial charge in [0.05, 0.1) is 5.69 Å². The standard InChI is InChI=1S/C21H20ClN3O2S/c1-3-11-25-20(27)18(13-19(26)23-17-6-4-5-15(22)12-17)28-21(25)24-16-9-7-14(2)8-10-16/h3-10,12,18H,1,11,13H2,2H3,(H,23,26)/t18-/m0/s1. The predicted octanol–water partition coefficient (Wildman–Crippen LogP) is 4.79.